The molecular weight excluding hydrogens is 226 g/mol. The van der Waals surface area contributed by atoms with Crippen LogP contribution in [0.15, 0.2) is 0 Å². The Kier molecular flexibility index (Phi) is 7.48. The Morgan fingerprint density at radius 1 is 1.28 bits per heavy atom. The van der Waals surface area contributed by atoms with Crippen molar-refractivity contribution in [2.75, 3.05) is 20.1 Å². The van der Waals surface area contributed by atoms with Crippen molar-refractivity contribution < 1.29 is 4.79 Å². The van der Waals surface area contributed by atoms with Crippen molar-refractivity contribution in [2.24, 2.45) is 11.7 Å². The third-order valence-corrected chi connectivity index (χ3v) is 3.54. The smallest absolute Gasteiger partial charge is 0.237 e. The standard InChI is InChI=1S/C12H25N3O.C2H6/c1-9(2)10(13)11(16)14-12(3)5-7-15(4)8-6-12;1-2/h9-10H,5-8,13H2,1-4H3,(H,14,16);1-2H3. The first kappa shape index (κ1) is 17.4. The molecule has 0 aromatic carbocycles. The van der Waals surface area contributed by atoms with Crippen LogP contribution in [0.3, 0.4) is 0 Å². The third kappa shape index (κ3) is 5.36. The Bertz CT molecular complexity index is 245. The summed E-state index contributed by atoms with van der Waals surface area (Å²) in [5, 5.41) is 3.11. The van der Waals surface area contributed by atoms with Gasteiger partial charge in [0.2, 0.25) is 5.91 Å². The summed E-state index contributed by atoms with van der Waals surface area (Å²) in [6.07, 6.45) is 2.00. The van der Waals surface area contributed by atoms with Crippen LogP contribution in [-0.2, 0) is 4.79 Å². The number of carbonyl (C=O) groups excluding carboxylic acids is 1. The van der Waals surface area contributed by atoms with Gasteiger partial charge >= 0.3 is 0 Å². The lowest BCUT2D eigenvalue weighted by Crippen LogP contribution is -2.57. The van der Waals surface area contributed by atoms with Crippen molar-refractivity contribution in [1.82, 2.24) is 10.2 Å². The van der Waals surface area contributed by atoms with Gasteiger partial charge in [-0.05, 0) is 32.7 Å². The molecule has 108 valence electrons. The van der Waals surface area contributed by atoms with Crippen molar-refractivity contribution >= 4 is 5.91 Å². The Morgan fingerprint density at radius 3 is 2.11 bits per heavy atom. The summed E-state index contributed by atoms with van der Waals surface area (Å²) in [5.41, 5.74) is 5.77. The summed E-state index contributed by atoms with van der Waals surface area (Å²) in [6, 6.07) is -0.392. The first-order chi connectivity index (χ1) is 8.34. The summed E-state index contributed by atoms with van der Waals surface area (Å²) in [6.45, 7) is 12.1. The molecule has 0 aromatic heterocycles. The van der Waals surface area contributed by atoms with Crippen molar-refractivity contribution in [2.45, 2.75) is 59.0 Å². The predicted octanol–water partition coefficient (Wildman–Crippen LogP) is 1.60. The second kappa shape index (κ2) is 7.74. The van der Waals surface area contributed by atoms with Crippen LogP contribution in [0.2, 0.25) is 0 Å². The molecule has 1 aliphatic rings. The quantitative estimate of drug-likeness (QED) is 0.807. The lowest BCUT2D eigenvalue weighted by molar-refractivity contribution is -0.125. The number of rotatable bonds is 3. The fraction of sp³-hybridized carbons (Fsp3) is 0.929. The molecule has 0 aliphatic carbocycles. The van der Waals surface area contributed by atoms with Gasteiger partial charge in [0.1, 0.15) is 0 Å². The molecule has 1 atom stereocenters. The summed E-state index contributed by atoms with van der Waals surface area (Å²) >= 11 is 0. The highest BCUT2D eigenvalue weighted by Crippen LogP contribution is 2.21. The van der Waals surface area contributed by atoms with Crippen LogP contribution >= 0.6 is 0 Å². The first-order valence-electron chi connectivity index (χ1n) is 7.10. The molecule has 18 heavy (non-hydrogen) atoms. The molecule has 1 aliphatic heterocycles. The molecule has 0 saturated carbocycles. The fourth-order valence-electron chi connectivity index (χ4n) is 1.92. The molecule has 1 amide bonds. The van der Waals surface area contributed by atoms with Gasteiger partial charge in [-0.2, -0.15) is 0 Å². The van der Waals surface area contributed by atoms with Crippen molar-refractivity contribution in [1.29, 1.82) is 0 Å². The summed E-state index contributed by atoms with van der Waals surface area (Å²) in [7, 11) is 2.11. The minimum atomic E-state index is -0.392. The van der Waals surface area contributed by atoms with Crippen molar-refractivity contribution in [3.63, 3.8) is 0 Å². The van der Waals surface area contributed by atoms with E-state index in [1.807, 2.05) is 27.7 Å². The van der Waals surface area contributed by atoms with E-state index in [4.69, 9.17) is 5.73 Å². The number of hydrogen-bond acceptors (Lipinski definition) is 3. The molecule has 1 saturated heterocycles. The zero-order chi connectivity index (χ0) is 14.3. The van der Waals surface area contributed by atoms with Gasteiger partial charge in [-0.1, -0.05) is 27.7 Å². The van der Waals surface area contributed by atoms with Gasteiger partial charge in [-0.15, -0.1) is 0 Å². The molecule has 3 N–H and O–H groups in total. The molecule has 1 heterocycles. The van der Waals surface area contributed by atoms with Crippen LogP contribution < -0.4 is 11.1 Å². The van der Waals surface area contributed by atoms with Crippen LogP contribution in [0.1, 0.15) is 47.5 Å². The van der Waals surface area contributed by atoms with Crippen LogP contribution in [0.5, 0.6) is 0 Å². The maximum Gasteiger partial charge on any atom is 0.237 e. The molecule has 0 radical (unpaired) electrons. The largest absolute Gasteiger partial charge is 0.349 e. The minimum absolute atomic E-state index is 0.0120. The molecular formula is C14H31N3O. The monoisotopic (exact) mass is 257 g/mol. The van der Waals surface area contributed by atoms with Crippen LogP contribution in [-0.4, -0.2) is 42.5 Å². The number of nitrogens with one attached hydrogen (secondary N) is 1. The van der Waals surface area contributed by atoms with Gasteiger partial charge < -0.3 is 16.0 Å². The van der Waals surface area contributed by atoms with E-state index in [9.17, 15) is 4.79 Å². The van der Waals surface area contributed by atoms with E-state index < -0.39 is 6.04 Å². The fourth-order valence-corrected chi connectivity index (χ4v) is 1.92. The van der Waals surface area contributed by atoms with Gasteiger partial charge in [0.05, 0.1) is 6.04 Å². The highest BCUT2D eigenvalue weighted by atomic mass is 16.2. The zero-order valence-electron chi connectivity index (χ0n) is 12.9. The highest BCUT2D eigenvalue weighted by Gasteiger charge is 2.32. The van der Waals surface area contributed by atoms with Crippen molar-refractivity contribution in [3.8, 4) is 0 Å². The number of nitrogens with two attached hydrogens (primary N) is 1. The number of piperidine rings is 1. The Morgan fingerprint density at radius 2 is 1.72 bits per heavy atom. The van der Waals surface area contributed by atoms with Gasteiger partial charge in [0.15, 0.2) is 0 Å². The summed E-state index contributed by atoms with van der Waals surface area (Å²) < 4.78 is 0. The second-order valence-corrected chi connectivity index (χ2v) is 5.62. The molecule has 0 aromatic rings. The predicted molar refractivity (Wildman–Crippen MR) is 77.4 cm³/mol. The Balaban J connectivity index is 0.00000137. The molecule has 4 heteroatoms. The molecule has 1 rings (SSSR count). The van der Waals surface area contributed by atoms with Gasteiger partial charge in [-0.3, -0.25) is 4.79 Å². The molecule has 4 nitrogen and oxygen atoms in total. The summed E-state index contributed by atoms with van der Waals surface area (Å²) in [4.78, 5) is 14.2. The van der Waals surface area contributed by atoms with Crippen LogP contribution in [0.4, 0.5) is 0 Å². The second-order valence-electron chi connectivity index (χ2n) is 5.62. The Labute approximate surface area is 112 Å². The maximum absolute atomic E-state index is 11.9. The average Bonchev–Trinajstić information content (AvgIpc) is 2.34. The minimum Gasteiger partial charge on any atom is -0.349 e. The molecule has 0 spiro atoms. The Hall–Kier alpha value is -0.610. The summed E-state index contributed by atoms with van der Waals surface area (Å²) in [5.74, 6) is 0.178. The first-order valence-corrected chi connectivity index (χ1v) is 7.10. The van der Waals surface area contributed by atoms with Crippen LogP contribution in [0, 0.1) is 5.92 Å². The van der Waals surface area contributed by atoms with E-state index in [2.05, 4.69) is 24.2 Å². The van der Waals surface area contributed by atoms with E-state index in [-0.39, 0.29) is 17.4 Å². The third-order valence-electron chi connectivity index (χ3n) is 3.54. The normalized spacial score (nSPS) is 20.9. The van der Waals surface area contributed by atoms with E-state index in [0.29, 0.717) is 0 Å². The van der Waals surface area contributed by atoms with Gasteiger partial charge in [-0.25, -0.2) is 0 Å². The van der Waals surface area contributed by atoms with Gasteiger partial charge in [0, 0.05) is 18.6 Å². The average molecular weight is 257 g/mol. The number of amides is 1. The maximum atomic E-state index is 11.9. The topological polar surface area (TPSA) is 58.4 Å². The van der Waals surface area contributed by atoms with Gasteiger partial charge in [0.25, 0.3) is 0 Å². The molecule has 1 unspecified atom stereocenters. The van der Waals surface area contributed by atoms with Crippen molar-refractivity contribution in [3.05, 3.63) is 0 Å². The van der Waals surface area contributed by atoms with E-state index in [0.717, 1.165) is 25.9 Å². The number of hydrogen-bond donors (Lipinski definition) is 2. The number of carbonyl (C=O) groups is 1. The van der Waals surface area contributed by atoms with E-state index in [1.54, 1.807) is 0 Å². The lowest BCUT2D eigenvalue weighted by atomic mass is 9.89. The van der Waals surface area contributed by atoms with E-state index in [1.165, 1.54) is 0 Å². The SMILES string of the molecule is CC.CC(C)C(N)C(=O)NC1(C)CCN(C)CC1. The molecule has 0 bridgehead atoms. The van der Waals surface area contributed by atoms with Crippen LogP contribution in [0.25, 0.3) is 0 Å². The van der Waals surface area contributed by atoms with E-state index >= 15 is 0 Å². The zero-order valence-corrected chi connectivity index (χ0v) is 12.9. The number of nitrogens with zero attached hydrogens (tertiary/aromatic N) is 1. The molecule has 1 fully saturated rings. The number of likely N-dealkylation sites (tertiary alicyclic amines) is 1. The highest BCUT2D eigenvalue weighted by molar-refractivity contribution is 5.82. The lowest BCUT2D eigenvalue weighted by Gasteiger charge is -2.39.